The quantitative estimate of drug-likeness (QED) is 0.867. The molecule has 0 bridgehead atoms. The summed E-state index contributed by atoms with van der Waals surface area (Å²) in [6, 6.07) is 3.56. The molecule has 1 rings (SSSR count). The van der Waals surface area contributed by atoms with Crippen LogP contribution in [0.15, 0.2) is 6.07 Å². The fourth-order valence-corrected chi connectivity index (χ4v) is 1.85. The molecule has 0 radical (unpaired) electrons. The van der Waals surface area contributed by atoms with E-state index in [0.29, 0.717) is 0 Å². The van der Waals surface area contributed by atoms with Gasteiger partial charge in [-0.05, 0) is 31.0 Å². The van der Waals surface area contributed by atoms with Crippen LogP contribution in [0.1, 0.15) is 29.2 Å². The molecule has 0 saturated heterocycles. The summed E-state index contributed by atoms with van der Waals surface area (Å²) in [5.41, 5.74) is 8.80. The summed E-state index contributed by atoms with van der Waals surface area (Å²) in [6.45, 7) is 3.93. The normalized spacial score (nSPS) is 11.8. The van der Waals surface area contributed by atoms with Gasteiger partial charge in [0.15, 0.2) is 0 Å². The molecule has 4 heteroatoms. The summed E-state index contributed by atoms with van der Waals surface area (Å²) >= 11 is 0. The Kier molecular flexibility index (Phi) is 4.36. The molecule has 1 aromatic rings. The van der Waals surface area contributed by atoms with Crippen LogP contribution in [0.25, 0.3) is 0 Å². The number of nitrogens with two attached hydrogens (primary N) is 1. The monoisotopic (exact) mass is 234 g/mol. The maximum atomic E-state index is 8.71. The Morgan fingerprint density at radius 1 is 1.29 bits per heavy atom. The summed E-state index contributed by atoms with van der Waals surface area (Å²) in [6.07, 6.45) is 0.252. The highest BCUT2D eigenvalue weighted by atomic mass is 16.5. The fraction of sp³-hybridized carbons (Fsp3) is 0.462. The van der Waals surface area contributed by atoms with Crippen molar-refractivity contribution in [3.05, 3.63) is 22.8 Å². The minimum atomic E-state index is -0.358. The number of hydrogen-bond donors (Lipinski definition) is 1. The van der Waals surface area contributed by atoms with Crippen LogP contribution in [0, 0.1) is 25.2 Å². The molecule has 0 amide bonds. The average molecular weight is 234 g/mol. The molecule has 2 N–H and O–H groups in total. The molecule has 0 aliphatic carbocycles. The Morgan fingerprint density at radius 2 is 1.94 bits per heavy atom. The zero-order valence-electron chi connectivity index (χ0n) is 10.7. The number of hydrogen-bond acceptors (Lipinski definition) is 4. The number of methoxy groups -OCH3 is 2. The van der Waals surface area contributed by atoms with Crippen LogP contribution in [0.4, 0.5) is 0 Å². The second kappa shape index (κ2) is 5.55. The van der Waals surface area contributed by atoms with Crippen molar-refractivity contribution in [3.8, 4) is 17.6 Å². The van der Waals surface area contributed by atoms with E-state index in [-0.39, 0.29) is 12.5 Å². The fourth-order valence-electron chi connectivity index (χ4n) is 1.85. The number of rotatable bonds is 4. The molecule has 0 aliphatic rings. The molecule has 1 atom stereocenters. The molecule has 1 unspecified atom stereocenters. The van der Waals surface area contributed by atoms with Gasteiger partial charge in [0, 0.05) is 11.6 Å². The van der Waals surface area contributed by atoms with Crippen molar-refractivity contribution in [2.24, 2.45) is 5.73 Å². The minimum absolute atomic E-state index is 0.252. The lowest BCUT2D eigenvalue weighted by molar-refractivity contribution is 0.390. The molecule has 0 spiro atoms. The molecule has 92 valence electrons. The molecular formula is C13H18N2O2. The van der Waals surface area contributed by atoms with Gasteiger partial charge < -0.3 is 15.2 Å². The van der Waals surface area contributed by atoms with Crippen LogP contribution < -0.4 is 15.2 Å². The second-order valence-electron chi connectivity index (χ2n) is 3.92. The van der Waals surface area contributed by atoms with Crippen molar-refractivity contribution >= 4 is 0 Å². The maximum Gasteiger partial charge on any atom is 0.127 e. The van der Waals surface area contributed by atoms with Crippen molar-refractivity contribution in [2.75, 3.05) is 14.2 Å². The Labute approximate surface area is 102 Å². The largest absolute Gasteiger partial charge is 0.496 e. The van der Waals surface area contributed by atoms with Crippen LogP contribution in [0.2, 0.25) is 0 Å². The lowest BCUT2D eigenvalue weighted by Gasteiger charge is -2.19. The molecule has 1 aromatic carbocycles. The SMILES string of the molecule is COc1cc(C(N)CC#N)c(OC)c(C)c1C. The van der Waals surface area contributed by atoms with E-state index in [9.17, 15) is 0 Å². The molecule has 0 heterocycles. The molecule has 0 aliphatic heterocycles. The van der Waals surface area contributed by atoms with Gasteiger partial charge in [-0.2, -0.15) is 5.26 Å². The van der Waals surface area contributed by atoms with E-state index >= 15 is 0 Å². The summed E-state index contributed by atoms with van der Waals surface area (Å²) in [4.78, 5) is 0. The smallest absolute Gasteiger partial charge is 0.127 e. The van der Waals surface area contributed by atoms with Gasteiger partial charge in [0.1, 0.15) is 11.5 Å². The molecule has 4 nitrogen and oxygen atoms in total. The Hall–Kier alpha value is -1.73. The number of benzene rings is 1. The van der Waals surface area contributed by atoms with E-state index in [2.05, 4.69) is 6.07 Å². The van der Waals surface area contributed by atoms with Gasteiger partial charge in [-0.15, -0.1) is 0 Å². The number of nitrogens with zero attached hydrogens (tertiary/aromatic N) is 1. The van der Waals surface area contributed by atoms with Gasteiger partial charge >= 0.3 is 0 Å². The van der Waals surface area contributed by atoms with Crippen molar-refractivity contribution < 1.29 is 9.47 Å². The first-order chi connectivity index (χ1) is 8.06. The van der Waals surface area contributed by atoms with Crippen molar-refractivity contribution in [1.29, 1.82) is 5.26 Å². The average Bonchev–Trinajstić information content (AvgIpc) is 2.32. The highest BCUT2D eigenvalue weighted by Crippen LogP contribution is 2.36. The molecule has 0 aromatic heterocycles. The van der Waals surface area contributed by atoms with E-state index in [0.717, 1.165) is 28.2 Å². The predicted octanol–water partition coefficient (Wildman–Crippen LogP) is 2.23. The van der Waals surface area contributed by atoms with Crippen LogP contribution in [0.3, 0.4) is 0 Å². The first-order valence-corrected chi connectivity index (χ1v) is 5.41. The number of nitriles is 1. The summed E-state index contributed by atoms with van der Waals surface area (Å²) < 4.78 is 10.7. The molecular weight excluding hydrogens is 216 g/mol. The van der Waals surface area contributed by atoms with E-state index in [1.165, 1.54) is 0 Å². The van der Waals surface area contributed by atoms with Crippen LogP contribution >= 0.6 is 0 Å². The van der Waals surface area contributed by atoms with Crippen LogP contribution in [-0.4, -0.2) is 14.2 Å². The van der Waals surface area contributed by atoms with E-state index < -0.39 is 0 Å². The Morgan fingerprint density at radius 3 is 2.41 bits per heavy atom. The summed E-state index contributed by atoms with van der Waals surface area (Å²) in [5.74, 6) is 1.51. The van der Waals surface area contributed by atoms with Crippen molar-refractivity contribution in [2.45, 2.75) is 26.3 Å². The Bertz CT molecular complexity index is 450. The van der Waals surface area contributed by atoms with Crippen LogP contribution in [0.5, 0.6) is 11.5 Å². The van der Waals surface area contributed by atoms with E-state index in [1.54, 1.807) is 14.2 Å². The first kappa shape index (κ1) is 13.3. The molecule has 17 heavy (non-hydrogen) atoms. The number of ether oxygens (including phenoxy) is 2. The van der Waals surface area contributed by atoms with Crippen LogP contribution in [-0.2, 0) is 0 Å². The lowest BCUT2D eigenvalue weighted by Crippen LogP contribution is -2.12. The third-order valence-corrected chi connectivity index (χ3v) is 2.96. The zero-order valence-corrected chi connectivity index (χ0v) is 10.7. The highest BCUT2D eigenvalue weighted by Gasteiger charge is 2.18. The molecule has 0 saturated carbocycles. The van der Waals surface area contributed by atoms with Gasteiger partial charge in [-0.1, -0.05) is 0 Å². The standard InChI is InChI=1S/C13H18N2O2/c1-8-9(2)13(17-4)10(7-12(8)16-3)11(15)5-6-14/h7,11H,5,15H2,1-4H3. The van der Waals surface area contributed by atoms with Gasteiger partial charge in [0.25, 0.3) is 0 Å². The topological polar surface area (TPSA) is 68.3 Å². The third kappa shape index (κ3) is 2.51. The maximum absolute atomic E-state index is 8.71. The highest BCUT2D eigenvalue weighted by molar-refractivity contribution is 5.53. The predicted molar refractivity (Wildman–Crippen MR) is 66.2 cm³/mol. The van der Waals surface area contributed by atoms with Gasteiger partial charge in [0.2, 0.25) is 0 Å². The Balaban J connectivity index is 3.38. The van der Waals surface area contributed by atoms with Gasteiger partial charge in [-0.25, -0.2) is 0 Å². The minimum Gasteiger partial charge on any atom is -0.496 e. The van der Waals surface area contributed by atoms with Crippen molar-refractivity contribution in [3.63, 3.8) is 0 Å². The third-order valence-electron chi connectivity index (χ3n) is 2.96. The molecule has 0 fully saturated rings. The van der Waals surface area contributed by atoms with Crippen molar-refractivity contribution in [1.82, 2.24) is 0 Å². The van der Waals surface area contributed by atoms with Gasteiger partial charge in [-0.3, -0.25) is 0 Å². The zero-order chi connectivity index (χ0) is 13.0. The van der Waals surface area contributed by atoms with E-state index in [1.807, 2.05) is 19.9 Å². The first-order valence-electron chi connectivity index (χ1n) is 5.41. The second-order valence-corrected chi connectivity index (χ2v) is 3.92. The van der Waals surface area contributed by atoms with E-state index in [4.69, 9.17) is 20.5 Å². The summed E-state index contributed by atoms with van der Waals surface area (Å²) in [5, 5.41) is 8.71. The van der Waals surface area contributed by atoms with Gasteiger partial charge in [0.05, 0.1) is 26.7 Å². The summed E-state index contributed by atoms with van der Waals surface area (Å²) in [7, 11) is 3.23. The lowest BCUT2D eigenvalue weighted by atomic mass is 9.97.